The number of halogens is 1. The molecule has 0 aliphatic rings. The topological polar surface area (TPSA) is 105 Å². The van der Waals surface area contributed by atoms with E-state index in [0.29, 0.717) is 19.0 Å². The summed E-state index contributed by atoms with van der Waals surface area (Å²) in [6.07, 6.45) is 6.44. The predicted octanol–water partition coefficient (Wildman–Crippen LogP) is 4.02. The molecule has 184 valence electrons. The number of pyridine rings is 1. The molecule has 2 heterocycles. The molecule has 10 heteroatoms. The summed E-state index contributed by atoms with van der Waals surface area (Å²) in [4.78, 5) is 21.4. The first-order valence-electron chi connectivity index (χ1n) is 11.2. The zero-order valence-corrected chi connectivity index (χ0v) is 22.8. The molecule has 1 amide bonds. The Morgan fingerprint density at radius 1 is 1.15 bits per heavy atom. The Balaban J connectivity index is 0.00000544. The molecule has 2 aromatic heterocycles. The maximum Gasteiger partial charge on any atom is 0.408 e. The molecular formula is C23H38IN7O2. The van der Waals surface area contributed by atoms with E-state index in [1.54, 1.807) is 17.1 Å². The molecule has 0 atom stereocenters. The monoisotopic (exact) mass is 571 g/mol. The highest BCUT2D eigenvalue weighted by atomic mass is 127. The minimum Gasteiger partial charge on any atom is -0.444 e. The molecule has 0 spiro atoms. The Kier molecular flexibility index (Phi) is 11.6. The number of nitrogens with zero attached hydrogens (tertiary/aromatic N) is 4. The highest BCUT2D eigenvalue weighted by Gasteiger charge is 2.30. The number of carbonyl (C=O) groups is 1. The van der Waals surface area contributed by atoms with Crippen LogP contribution < -0.4 is 16.0 Å². The standard InChI is InChI=1S/C23H37N7O2.HI/c1-7-23(8-2,29-21(31)32-22(4,5)6)17-27-20(24-9-3)26-16-18-11-13-25-19(15-18)30-14-10-12-28-30;/h10-15H,7-9,16-17H2,1-6H3,(H,29,31)(H2,24,26,27);1H. The second-order valence-electron chi connectivity index (χ2n) is 8.64. The zero-order valence-electron chi connectivity index (χ0n) is 20.5. The van der Waals surface area contributed by atoms with E-state index >= 15 is 0 Å². The van der Waals surface area contributed by atoms with Crippen molar-refractivity contribution in [2.24, 2.45) is 4.99 Å². The molecule has 2 rings (SSSR count). The van der Waals surface area contributed by atoms with Crippen LogP contribution in [0.4, 0.5) is 4.79 Å². The van der Waals surface area contributed by atoms with Crippen LogP contribution in [0.3, 0.4) is 0 Å². The van der Waals surface area contributed by atoms with Gasteiger partial charge in [0.05, 0.1) is 12.1 Å². The summed E-state index contributed by atoms with van der Waals surface area (Å²) in [5.41, 5.74) is 0.0372. The van der Waals surface area contributed by atoms with Gasteiger partial charge in [0.15, 0.2) is 11.8 Å². The summed E-state index contributed by atoms with van der Waals surface area (Å²) in [6.45, 7) is 13.4. The lowest BCUT2D eigenvalue weighted by molar-refractivity contribution is 0.0448. The zero-order chi connectivity index (χ0) is 23.6. The number of amides is 1. The van der Waals surface area contributed by atoms with Crippen LogP contribution in [0, 0.1) is 0 Å². The first kappa shape index (κ1) is 28.7. The number of nitrogens with one attached hydrogen (secondary N) is 3. The maximum absolute atomic E-state index is 12.4. The molecule has 2 aromatic rings. The third kappa shape index (κ3) is 9.56. The summed E-state index contributed by atoms with van der Waals surface area (Å²) >= 11 is 0. The molecule has 33 heavy (non-hydrogen) atoms. The number of ether oxygens (including phenoxy) is 1. The molecule has 0 saturated heterocycles. The van der Waals surface area contributed by atoms with Crippen molar-refractivity contribution in [3.8, 4) is 5.82 Å². The molecule has 0 aliphatic heterocycles. The predicted molar refractivity (Wildman–Crippen MR) is 142 cm³/mol. The highest BCUT2D eigenvalue weighted by Crippen LogP contribution is 2.16. The summed E-state index contributed by atoms with van der Waals surface area (Å²) in [7, 11) is 0. The van der Waals surface area contributed by atoms with E-state index < -0.39 is 17.2 Å². The molecule has 0 fully saturated rings. The highest BCUT2D eigenvalue weighted by molar-refractivity contribution is 14.0. The first-order chi connectivity index (χ1) is 15.2. The maximum atomic E-state index is 12.4. The van der Waals surface area contributed by atoms with Gasteiger partial charge in [-0.05, 0) is 64.3 Å². The van der Waals surface area contributed by atoms with E-state index in [2.05, 4.69) is 39.9 Å². The normalized spacial score (nSPS) is 12.0. The van der Waals surface area contributed by atoms with Crippen LogP contribution in [-0.2, 0) is 11.3 Å². The van der Waals surface area contributed by atoms with Crippen molar-refractivity contribution in [3.63, 3.8) is 0 Å². The molecule has 3 N–H and O–H groups in total. The van der Waals surface area contributed by atoms with E-state index in [4.69, 9.17) is 9.73 Å². The van der Waals surface area contributed by atoms with Crippen molar-refractivity contribution in [1.82, 2.24) is 30.7 Å². The minimum atomic E-state index is -0.541. The van der Waals surface area contributed by atoms with Crippen LogP contribution in [0.15, 0.2) is 41.8 Å². The van der Waals surface area contributed by atoms with Crippen LogP contribution in [0.2, 0.25) is 0 Å². The van der Waals surface area contributed by atoms with Gasteiger partial charge in [-0.1, -0.05) is 13.8 Å². The summed E-state index contributed by atoms with van der Waals surface area (Å²) in [5, 5.41) is 13.9. The van der Waals surface area contributed by atoms with Gasteiger partial charge in [0.25, 0.3) is 0 Å². The fourth-order valence-corrected chi connectivity index (χ4v) is 3.09. The van der Waals surface area contributed by atoms with Crippen molar-refractivity contribution in [3.05, 3.63) is 42.4 Å². The second kappa shape index (κ2) is 13.4. The molecule has 0 radical (unpaired) electrons. The van der Waals surface area contributed by atoms with Gasteiger partial charge in [-0.15, -0.1) is 24.0 Å². The van der Waals surface area contributed by atoms with Crippen LogP contribution in [-0.4, -0.2) is 51.0 Å². The van der Waals surface area contributed by atoms with Crippen molar-refractivity contribution in [2.75, 3.05) is 13.1 Å². The van der Waals surface area contributed by atoms with Crippen LogP contribution in [0.5, 0.6) is 0 Å². The van der Waals surface area contributed by atoms with Gasteiger partial charge in [0, 0.05) is 31.7 Å². The Hall–Kier alpha value is -2.37. The van der Waals surface area contributed by atoms with Gasteiger partial charge in [-0.2, -0.15) is 5.10 Å². The van der Waals surface area contributed by atoms with Crippen LogP contribution >= 0.6 is 24.0 Å². The Morgan fingerprint density at radius 2 is 1.88 bits per heavy atom. The van der Waals surface area contributed by atoms with Gasteiger partial charge in [0.1, 0.15) is 5.60 Å². The van der Waals surface area contributed by atoms with E-state index in [9.17, 15) is 4.79 Å². The van der Waals surface area contributed by atoms with Gasteiger partial charge in [-0.3, -0.25) is 0 Å². The number of alkyl carbamates (subject to hydrolysis) is 1. The number of rotatable bonds is 9. The average Bonchev–Trinajstić information content (AvgIpc) is 3.28. The Bertz CT molecular complexity index is 875. The van der Waals surface area contributed by atoms with Gasteiger partial charge in [0.2, 0.25) is 0 Å². The van der Waals surface area contributed by atoms with Crippen molar-refractivity contribution >= 4 is 36.0 Å². The van der Waals surface area contributed by atoms with E-state index in [1.165, 1.54) is 0 Å². The van der Waals surface area contributed by atoms with E-state index in [0.717, 1.165) is 30.8 Å². The summed E-state index contributed by atoms with van der Waals surface area (Å²) in [5.74, 6) is 1.43. The number of guanidine groups is 1. The molecular weight excluding hydrogens is 533 g/mol. The third-order valence-corrected chi connectivity index (χ3v) is 5.03. The summed E-state index contributed by atoms with van der Waals surface area (Å²) in [6, 6.07) is 5.76. The molecule has 0 aliphatic carbocycles. The SMILES string of the molecule is CCNC(=NCc1ccnc(-n2cccn2)c1)NCC(CC)(CC)NC(=O)OC(C)(C)C.I. The van der Waals surface area contributed by atoms with Crippen molar-refractivity contribution < 1.29 is 9.53 Å². The average molecular weight is 572 g/mol. The molecule has 0 aromatic carbocycles. The van der Waals surface area contributed by atoms with Gasteiger partial charge in [-0.25, -0.2) is 19.5 Å². The van der Waals surface area contributed by atoms with Gasteiger partial charge < -0.3 is 20.7 Å². The number of hydrogen-bond acceptors (Lipinski definition) is 5. The fourth-order valence-electron chi connectivity index (χ4n) is 3.09. The van der Waals surface area contributed by atoms with Crippen molar-refractivity contribution in [1.29, 1.82) is 0 Å². The lowest BCUT2D eigenvalue weighted by atomic mass is 9.93. The largest absolute Gasteiger partial charge is 0.444 e. The number of carbonyl (C=O) groups excluding carboxylic acids is 1. The quantitative estimate of drug-likeness (QED) is 0.239. The smallest absolute Gasteiger partial charge is 0.408 e. The number of aliphatic imine (C=N–C) groups is 1. The molecule has 0 saturated carbocycles. The summed E-state index contributed by atoms with van der Waals surface area (Å²) < 4.78 is 7.18. The number of aromatic nitrogens is 3. The van der Waals surface area contributed by atoms with E-state index in [-0.39, 0.29) is 24.0 Å². The fraction of sp³-hybridized carbons (Fsp3) is 0.565. The lowest BCUT2D eigenvalue weighted by Gasteiger charge is -2.34. The van der Waals surface area contributed by atoms with E-state index in [1.807, 2.05) is 52.1 Å². The molecule has 0 bridgehead atoms. The lowest BCUT2D eigenvalue weighted by Crippen LogP contribution is -2.57. The van der Waals surface area contributed by atoms with Crippen molar-refractivity contribution in [2.45, 2.75) is 72.1 Å². The van der Waals surface area contributed by atoms with Crippen LogP contribution in [0.1, 0.15) is 59.9 Å². The Labute approximate surface area is 214 Å². The minimum absolute atomic E-state index is 0. The second-order valence-corrected chi connectivity index (χ2v) is 8.64. The van der Waals surface area contributed by atoms with Gasteiger partial charge >= 0.3 is 6.09 Å². The van der Waals surface area contributed by atoms with Crippen LogP contribution in [0.25, 0.3) is 5.82 Å². The Morgan fingerprint density at radius 3 is 2.45 bits per heavy atom. The first-order valence-corrected chi connectivity index (χ1v) is 11.2. The number of hydrogen-bond donors (Lipinski definition) is 3. The molecule has 9 nitrogen and oxygen atoms in total. The molecule has 0 unspecified atom stereocenters. The third-order valence-electron chi connectivity index (χ3n) is 5.03.